The number of H-pyrrole nitrogens is 2. The summed E-state index contributed by atoms with van der Waals surface area (Å²) in [6, 6.07) is 4.84. The maximum atomic E-state index is 13.3. The standard InChI is InChI=1S/C11H6BrFN2O/c12-7-3-6-5-1-2-14-11(16)10(5)15-9(6)4-8(7)13/h1-4,15H,(H,14,16). The Balaban J connectivity index is 2.61. The van der Waals surface area contributed by atoms with Crippen molar-refractivity contribution in [2.45, 2.75) is 0 Å². The van der Waals surface area contributed by atoms with Crippen LogP contribution in [0.2, 0.25) is 0 Å². The van der Waals surface area contributed by atoms with E-state index in [0.717, 1.165) is 10.8 Å². The molecule has 0 saturated carbocycles. The number of aromatic nitrogens is 2. The third-order valence-electron chi connectivity index (χ3n) is 2.57. The van der Waals surface area contributed by atoms with Gasteiger partial charge in [-0.15, -0.1) is 0 Å². The second kappa shape index (κ2) is 3.18. The molecule has 80 valence electrons. The van der Waals surface area contributed by atoms with Gasteiger partial charge in [0.2, 0.25) is 0 Å². The predicted molar refractivity (Wildman–Crippen MR) is 64.1 cm³/mol. The molecule has 2 N–H and O–H groups in total. The van der Waals surface area contributed by atoms with Crippen LogP contribution in [0, 0.1) is 5.82 Å². The summed E-state index contributed by atoms with van der Waals surface area (Å²) in [6.45, 7) is 0. The number of fused-ring (bicyclic) bond motifs is 3. The number of pyridine rings is 1. The minimum absolute atomic E-state index is 0.203. The van der Waals surface area contributed by atoms with Crippen LogP contribution in [0.25, 0.3) is 21.8 Å². The van der Waals surface area contributed by atoms with Crippen LogP contribution in [-0.2, 0) is 0 Å². The van der Waals surface area contributed by atoms with Gasteiger partial charge >= 0.3 is 0 Å². The zero-order valence-electron chi connectivity index (χ0n) is 7.97. The third-order valence-corrected chi connectivity index (χ3v) is 3.18. The van der Waals surface area contributed by atoms with Crippen molar-refractivity contribution >= 4 is 37.7 Å². The topological polar surface area (TPSA) is 48.6 Å². The second-order valence-corrected chi connectivity index (χ2v) is 4.39. The average Bonchev–Trinajstić information content (AvgIpc) is 2.59. The molecule has 1 aromatic carbocycles. The molecule has 0 radical (unpaired) electrons. The minimum atomic E-state index is -0.351. The van der Waals surface area contributed by atoms with Gasteiger partial charge in [0.05, 0.1) is 4.47 Å². The summed E-state index contributed by atoms with van der Waals surface area (Å²) in [5.41, 5.74) is 0.882. The Hall–Kier alpha value is -1.62. The van der Waals surface area contributed by atoms with Gasteiger partial charge in [-0.2, -0.15) is 0 Å². The van der Waals surface area contributed by atoms with Crippen molar-refractivity contribution in [1.29, 1.82) is 0 Å². The van der Waals surface area contributed by atoms with Gasteiger partial charge in [0.25, 0.3) is 5.56 Å². The van der Waals surface area contributed by atoms with Gasteiger partial charge in [0.15, 0.2) is 0 Å². The molecule has 3 aromatic rings. The molecule has 3 nitrogen and oxygen atoms in total. The maximum absolute atomic E-state index is 13.3. The monoisotopic (exact) mass is 280 g/mol. The Bertz CT molecular complexity index is 760. The molecular weight excluding hydrogens is 275 g/mol. The molecule has 0 unspecified atom stereocenters. The first kappa shape index (κ1) is 9.59. The summed E-state index contributed by atoms with van der Waals surface area (Å²) in [5.74, 6) is -0.351. The van der Waals surface area contributed by atoms with Crippen LogP contribution < -0.4 is 5.56 Å². The molecule has 0 aliphatic rings. The molecular formula is C11H6BrFN2O. The van der Waals surface area contributed by atoms with Gasteiger partial charge in [0.1, 0.15) is 11.3 Å². The van der Waals surface area contributed by atoms with Crippen LogP contribution in [0.1, 0.15) is 0 Å². The van der Waals surface area contributed by atoms with Crippen molar-refractivity contribution in [2.75, 3.05) is 0 Å². The highest BCUT2D eigenvalue weighted by Crippen LogP contribution is 2.27. The summed E-state index contributed by atoms with van der Waals surface area (Å²) in [7, 11) is 0. The molecule has 0 atom stereocenters. The lowest BCUT2D eigenvalue weighted by Crippen LogP contribution is -2.03. The van der Waals surface area contributed by atoms with Crippen LogP contribution in [0.5, 0.6) is 0 Å². The third kappa shape index (κ3) is 1.21. The van der Waals surface area contributed by atoms with Crippen LogP contribution in [-0.4, -0.2) is 9.97 Å². The largest absolute Gasteiger partial charge is 0.350 e. The Morgan fingerprint density at radius 2 is 2.06 bits per heavy atom. The number of rotatable bonds is 0. The summed E-state index contributed by atoms with van der Waals surface area (Å²) < 4.78 is 13.7. The van der Waals surface area contributed by atoms with Crippen molar-refractivity contribution in [3.63, 3.8) is 0 Å². The zero-order chi connectivity index (χ0) is 11.3. The predicted octanol–water partition coefficient (Wildman–Crippen LogP) is 2.91. The van der Waals surface area contributed by atoms with E-state index in [1.807, 2.05) is 0 Å². The first-order chi connectivity index (χ1) is 7.66. The van der Waals surface area contributed by atoms with E-state index in [1.54, 1.807) is 18.3 Å². The Morgan fingerprint density at radius 1 is 1.25 bits per heavy atom. The van der Waals surface area contributed by atoms with Crippen molar-refractivity contribution in [3.8, 4) is 0 Å². The SMILES string of the molecule is O=c1[nH]ccc2c1[nH]c1cc(F)c(Br)cc12. The molecule has 16 heavy (non-hydrogen) atoms. The average molecular weight is 281 g/mol. The van der Waals surface area contributed by atoms with Crippen LogP contribution in [0.3, 0.4) is 0 Å². The first-order valence-corrected chi connectivity index (χ1v) is 5.44. The molecule has 0 aliphatic carbocycles. The van der Waals surface area contributed by atoms with Gasteiger partial charge in [-0.25, -0.2) is 4.39 Å². The zero-order valence-corrected chi connectivity index (χ0v) is 9.56. The van der Waals surface area contributed by atoms with E-state index in [-0.39, 0.29) is 11.4 Å². The van der Waals surface area contributed by atoms with Crippen molar-refractivity contribution in [1.82, 2.24) is 9.97 Å². The second-order valence-electron chi connectivity index (χ2n) is 3.53. The Kier molecular flexibility index (Phi) is 1.91. The van der Waals surface area contributed by atoms with E-state index in [9.17, 15) is 9.18 Å². The summed E-state index contributed by atoms with van der Waals surface area (Å²) in [4.78, 5) is 17.0. The number of aromatic amines is 2. The molecule has 0 spiro atoms. The van der Waals surface area contributed by atoms with Gasteiger partial charge in [-0.3, -0.25) is 4.79 Å². The van der Waals surface area contributed by atoms with Gasteiger partial charge in [-0.05, 0) is 34.1 Å². The first-order valence-electron chi connectivity index (χ1n) is 4.65. The smallest absolute Gasteiger partial charge is 0.272 e. The van der Waals surface area contributed by atoms with Crippen molar-refractivity contribution in [2.24, 2.45) is 0 Å². The lowest BCUT2D eigenvalue weighted by atomic mass is 10.2. The molecule has 5 heteroatoms. The molecule has 0 aliphatic heterocycles. The van der Waals surface area contributed by atoms with Crippen LogP contribution in [0.15, 0.2) is 33.7 Å². The lowest BCUT2D eigenvalue weighted by molar-refractivity contribution is 0.623. The number of benzene rings is 1. The summed E-state index contributed by atoms with van der Waals surface area (Å²) in [6.07, 6.45) is 1.58. The minimum Gasteiger partial charge on any atom is -0.350 e. The Morgan fingerprint density at radius 3 is 2.88 bits per heavy atom. The Labute approximate surface area is 97.4 Å². The van der Waals surface area contributed by atoms with E-state index >= 15 is 0 Å². The molecule has 0 saturated heterocycles. The van der Waals surface area contributed by atoms with E-state index in [1.165, 1.54) is 6.07 Å². The number of halogens is 2. The van der Waals surface area contributed by atoms with E-state index in [0.29, 0.717) is 15.5 Å². The van der Waals surface area contributed by atoms with Gasteiger partial charge in [-0.1, -0.05) is 0 Å². The fourth-order valence-corrected chi connectivity index (χ4v) is 2.18. The normalized spacial score (nSPS) is 11.4. The lowest BCUT2D eigenvalue weighted by Gasteiger charge is -1.94. The highest BCUT2D eigenvalue weighted by Gasteiger charge is 2.09. The van der Waals surface area contributed by atoms with Gasteiger partial charge in [0, 0.05) is 22.5 Å². The highest BCUT2D eigenvalue weighted by atomic mass is 79.9. The van der Waals surface area contributed by atoms with E-state index in [2.05, 4.69) is 25.9 Å². The van der Waals surface area contributed by atoms with E-state index in [4.69, 9.17) is 0 Å². The molecule has 2 aromatic heterocycles. The fourth-order valence-electron chi connectivity index (χ4n) is 1.83. The molecule has 0 fully saturated rings. The highest BCUT2D eigenvalue weighted by molar-refractivity contribution is 9.10. The number of hydrogen-bond donors (Lipinski definition) is 2. The molecule has 0 amide bonds. The molecule has 2 heterocycles. The van der Waals surface area contributed by atoms with E-state index < -0.39 is 0 Å². The van der Waals surface area contributed by atoms with Crippen LogP contribution >= 0.6 is 15.9 Å². The van der Waals surface area contributed by atoms with Crippen molar-refractivity contribution < 1.29 is 4.39 Å². The van der Waals surface area contributed by atoms with Crippen molar-refractivity contribution in [3.05, 3.63) is 45.0 Å². The number of hydrogen-bond acceptors (Lipinski definition) is 1. The quantitative estimate of drug-likeness (QED) is 0.654. The summed E-state index contributed by atoms with van der Waals surface area (Å²) >= 11 is 3.13. The summed E-state index contributed by atoms with van der Waals surface area (Å²) in [5, 5.41) is 1.62. The molecule has 3 rings (SSSR count). The fraction of sp³-hybridized carbons (Fsp3) is 0. The maximum Gasteiger partial charge on any atom is 0.272 e. The molecule has 0 bridgehead atoms. The van der Waals surface area contributed by atoms with Gasteiger partial charge < -0.3 is 9.97 Å². The van der Waals surface area contributed by atoms with Crippen LogP contribution in [0.4, 0.5) is 4.39 Å². The number of nitrogens with one attached hydrogen (secondary N) is 2.